The van der Waals surface area contributed by atoms with Gasteiger partial charge in [0.1, 0.15) is 0 Å². The molecule has 0 aromatic heterocycles. The van der Waals surface area contributed by atoms with Gasteiger partial charge >= 0.3 is 46.8 Å². The van der Waals surface area contributed by atoms with E-state index < -0.39 is 9.05 Å². The Kier molecular flexibility index (Phi) is 5.74. The number of hydrogen-bond donors (Lipinski definition) is 4. The average molecular weight is 140 g/mol. The van der Waals surface area contributed by atoms with E-state index in [1.807, 2.05) is 0 Å². The first kappa shape index (κ1) is 10.3. The van der Waals surface area contributed by atoms with Crippen molar-refractivity contribution < 1.29 is 20.6 Å². The van der Waals surface area contributed by atoms with Crippen molar-refractivity contribution in [1.82, 2.24) is 0 Å². The Balaban J connectivity index is -0.0000000800. The number of rotatable bonds is 0. The second-order valence-electron chi connectivity index (χ2n) is 0.600. The van der Waals surface area contributed by atoms with Gasteiger partial charge in [0.2, 0.25) is 0 Å². The van der Waals surface area contributed by atoms with Gasteiger partial charge in [-0.2, -0.15) is 0 Å². The molecule has 4 nitrogen and oxygen atoms in total. The fraction of sp³-hybridized carbons (Fsp3) is 0. The summed E-state index contributed by atoms with van der Waals surface area (Å²) in [4.78, 5) is 29.3. The van der Waals surface area contributed by atoms with Crippen molar-refractivity contribution in [2.24, 2.45) is 0 Å². The van der Waals surface area contributed by atoms with Crippen molar-refractivity contribution >= 4 is 46.8 Å². The SMILES string of the molecule is O[Si](O)(O)O.[CaH2].[HH]. The molecular formula is H8CaO4Si. The molecular weight excluding hydrogens is 132 g/mol. The standard InChI is InChI=1S/Ca.H4O4Si.H2.2H/c;1-5(2,3)4;;;/h;1-4H;1H;;. The Hall–Kier alpha value is 1.32. The molecule has 0 aromatic rings. The molecule has 4 N–H and O–H groups in total. The van der Waals surface area contributed by atoms with E-state index in [4.69, 9.17) is 19.2 Å². The van der Waals surface area contributed by atoms with Crippen LogP contribution >= 0.6 is 0 Å². The van der Waals surface area contributed by atoms with Crippen LogP contribution in [-0.2, 0) is 0 Å². The van der Waals surface area contributed by atoms with Crippen LogP contribution in [0.5, 0.6) is 0 Å². The molecule has 0 saturated carbocycles. The van der Waals surface area contributed by atoms with E-state index >= 15 is 0 Å². The van der Waals surface area contributed by atoms with Crippen molar-refractivity contribution in [2.45, 2.75) is 0 Å². The second kappa shape index (κ2) is 3.34. The third-order valence-corrected chi connectivity index (χ3v) is 0. The fourth-order valence-electron chi connectivity index (χ4n) is 0. The molecule has 0 aliphatic heterocycles. The normalized spacial score (nSPS) is 10.0. The minimum atomic E-state index is -4.61. The van der Waals surface area contributed by atoms with Crippen molar-refractivity contribution in [3.8, 4) is 0 Å². The van der Waals surface area contributed by atoms with E-state index in [2.05, 4.69) is 0 Å². The molecule has 0 radical (unpaired) electrons. The summed E-state index contributed by atoms with van der Waals surface area (Å²) >= 11 is 0. The van der Waals surface area contributed by atoms with Gasteiger partial charge in [-0.1, -0.05) is 0 Å². The molecule has 38 valence electrons. The molecule has 0 bridgehead atoms. The Bertz CT molecular complexity index is 27.2. The fourth-order valence-corrected chi connectivity index (χ4v) is 0. The predicted molar refractivity (Wildman–Crippen MR) is 25.3 cm³/mol. The monoisotopic (exact) mass is 140 g/mol. The van der Waals surface area contributed by atoms with Crippen molar-refractivity contribution in [1.29, 1.82) is 0 Å². The summed E-state index contributed by atoms with van der Waals surface area (Å²) in [5.74, 6) is 0. The van der Waals surface area contributed by atoms with E-state index in [9.17, 15) is 0 Å². The molecule has 0 saturated heterocycles. The molecule has 0 aliphatic carbocycles. The molecule has 0 unspecified atom stereocenters. The van der Waals surface area contributed by atoms with Gasteiger partial charge in [0, 0.05) is 1.43 Å². The molecule has 0 spiro atoms. The third-order valence-electron chi connectivity index (χ3n) is 0. The van der Waals surface area contributed by atoms with Gasteiger partial charge in [0.15, 0.2) is 0 Å². The van der Waals surface area contributed by atoms with Crippen LogP contribution in [0, 0.1) is 0 Å². The molecule has 0 aromatic carbocycles. The molecule has 6 heavy (non-hydrogen) atoms. The summed E-state index contributed by atoms with van der Waals surface area (Å²) in [6.45, 7) is 0. The minimum Gasteiger partial charge on any atom is 0 e. The topological polar surface area (TPSA) is 80.9 Å². The van der Waals surface area contributed by atoms with Crippen LogP contribution in [0.15, 0.2) is 0 Å². The van der Waals surface area contributed by atoms with Crippen LogP contribution < -0.4 is 0 Å². The maximum absolute atomic E-state index is 7.33. The quantitative estimate of drug-likeness (QED) is 0.266. The Labute approximate surface area is 67.0 Å². The van der Waals surface area contributed by atoms with E-state index in [0.717, 1.165) is 0 Å². The predicted octanol–water partition coefficient (Wildman–Crippen LogP) is -3.28. The molecule has 0 heterocycles. The van der Waals surface area contributed by atoms with Gasteiger partial charge in [-0.15, -0.1) is 0 Å². The Morgan fingerprint density at radius 1 is 1.00 bits per heavy atom. The molecule has 0 atom stereocenters. The van der Waals surface area contributed by atoms with Crippen LogP contribution in [0.2, 0.25) is 0 Å². The van der Waals surface area contributed by atoms with Gasteiger partial charge in [-0.05, 0) is 0 Å². The molecule has 0 amide bonds. The van der Waals surface area contributed by atoms with Crippen LogP contribution in [-0.4, -0.2) is 66.0 Å². The summed E-state index contributed by atoms with van der Waals surface area (Å²) < 4.78 is 0. The minimum absolute atomic E-state index is 0. The zero-order valence-corrected chi connectivity index (χ0v) is 3.29. The van der Waals surface area contributed by atoms with Crippen LogP contribution in [0.3, 0.4) is 0 Å². The summed E-state index contributed by atoms with van der Waals surface area (Å²) in [7, 11) is -4.61. The van der Waals surface area contributed by atoms with Gasteiger partial charge in [0.25, 0.3) is 0 Å². The first-order valence-corrected chi connectivity index (χ1v) is 2.68. The molecule has 0 aliphatic rings. The maximum atomic E-state index is 7.33. The van der Waals surface area contributed by atoms with Crippen molar-refractivity contribution in [2.75, 3.05) is 0 Å². The van der Waals surface area contributed by atoms with E-state index in [-0.39, 0.29) is 39.2 Å². The first-order chi connectivity index (χ1) is 2.00. The molecule has 0 rings (SSSR count). The second-order valence-corrected chi connectivity index (χ2v) is 1.80. The zero-order chi connectivity index (χ0) is 4.50. The maximum Gasteiger partial charge on any atom is 0 e. The smallest absolute Gasteiger partial charge is 0 e. The third kappa shape index (κ3) is 57.1. The van der Waals surface area contributed by atoms with E-state index in [0.29, 0.717) is 0 Å². The number of hydrogen-bond acceptors (Lipinski definition) is 4. The Morgan fingerprint density at radius 2 is 1.00 bits per heavy atom. The first-order valence-electron chi connectivity index (χ1n) is 0.894. The molecule has 0 fully saturated rings. The summed E-state index contributed by atoms with van der Waals surface area (Å²) in [6.07, 6.45) is 0. The largest absolute Gasteiger partial charge is 0 e. The molecule has 6 heteroatoms. The Morgan fingerprint density at radius 3 is 1.00 bits per heavy atom. The van der Waals surface area contributed by atoms with E-state index in [1.165, 1.54) is 0 Å². The van der Waals surface area contributed by atoms with Gasteiger partial charge in [0.05, 0.1) is 0 Å². The summed E-state index contributed by atoms with van der Waals surface area (Å²) in [5, 5.41) is 0. The summed E-state index contributed by atoms with van der Waals surface area (Å²) in [5.41, 5.74) is 0. The van der Waals surface area contributed by atoms with Crippen LogP contribution in [0.4, 0.5) is 0 Å². The van der Waals surface area contributed by atoms with E-state index in [1.54, 1.807) is 0 Å². The van der Waals surface area contributed by atoms with Gasteiger partial charge in [-0.3, -0.25) is 0 Å². The van der Waals surface area contributed by atoms with Crippen molar-refractivity contribution in [3.05, 3.63) is 0 Å². The van der Waals surface area contributed by atoms with Crippen molar-refractivity contribution in [3.63, 3.8) is 0 Å². The van der Waals surface area contributed by atoms with Crippen LogP contribution in [0.1, 0.15) is 1.43 Å². The van der Waals surface area contributed by atoms with Gasteiger partial charge < -0.3 is 19.2 Å². The zero-order valence-electron chi connectivity index (χ0n) is 2.29. The van der Waals surface area contributed by atoms with Crippen LogP contribution in [0.25, 0.3) is 0 Å². The average Bonchev–Trinajstić information content (AvgIpc) is 0.722. The van der Waals surface area contributed by atoms with Gasteiger partial charge in [-0.25, -0.2) is 0 Å². The summed E-state index contributed by atoms with van der Waals surface area (Å²) in [6, 6.07) is 0.